The molecule has 0 saturated heterocycles. The molecule has 1 aromatic carbocycles. The normalized spacial score (nSPS) is 12.1. The SMILES string of the molecule is Cn1ncnc1NC(=O)C(CN)c1ccccc1. The van der Waals surface area contributed by atoms with Crippen LogP contribution in [0.2, 0.25) is 0 Å². The van der Waals surface area contributed by atoms with Crippen LogP contribution in [0.5, 0.6) is 0 Å². The maximum Gasteiger partial charge on any atom is 0.235 e. The molecule has 0 radical (unpaired) electrons. The number of nitrogens with two attached hydrogens (primary N) is 1. The van der Waals surface area contributed by atoms with Crippen molar-refractivity contribution in [1.29, 1.82) is 0 Å². The fourth-order valence-electron chi connectivity index (χ4n) is 1.69. The average Bonchev–Trinajstić information content (AvgIpc) is 2.77. The molecule has 1 amide bonds. The Morgan fingerprint density at radius 2 is 2.17 bits per heavy atom. The Labute approximate surface area is 105 Å². The highest BCUT2D eigenvalue weighted by Crippen LogP contribution is 2.16. The fraction of sp³-hybridized carbons (Fsp3) is 0.250. The largest absolute Gasteiger partial charge is 0.329 e. The number of carbonyl (C=O) groups excluding carboxylic acids is 1. The number of benzene rings is 1. The smallest absolute Gasteiger partial charge is 0.235 e. The van der Waals surface area contributed by atoms with E-state index in [2.05, 4.69) is 15.4 Å². The molecule has 0 saturated carbocycles. The molecule has 0 fully saturated rings. The summed E-state index contributed by atoms with van der Waals surface area (Å²) < 4.78 is 1.50. The van der Waals surface area contributed by atoms with E-state index in [1.54, 1.807) is 7.05 Å². The summed E-state index contributed by atoms with van der Waals surface area (Å²) >= 11 is 0. The van der Waals surface area contributed by atoms with Crippen LogP contribution in [-0.2, 0) is 11.8 Å². The predicted octanol–water partition coefficient (Wildman–Crippen LogP) is 0.496. The van der Waals surface area contributed by atoms with Crippen molar-refractivity contribution in [3.63, 3.8) is 0 Å². The average molecular weight is 245 g/mol. The van der Waals surface area contributed by atoms with Gasteiger partial charge in [-0.25, -0.2) is 4.68 Å². The van der Waals surface area contributed by atoms with Crippen molar-refractivity contribution in [2.75, 3.05) is 11.9 Å². The second-order valence-electron chi connectivity index (χ2n) is 3.90. The summed E-state index contributed by atoms with van der Waals surface area (Å²) in [5, 5.41) is 6.60. The van der Waals surface area contributed by atoms with Gasteiger partial charge in [-0.05, 0) is 5.56 Å². The zero-order valence-electron chi connectivity index (χ0n) is 10.1. The molecule has 18 heavy (non-hydrogen) atoms. The number of nitrogens with one attached hydrogen (secondary N) is 1. The summed E-state index contributed by atoms with van der Waals surface area (Å²) in [5.74, 6) is -0.155. The summed E-state index contributed by atoms with van der Waals surface area (Å²) in [6.07, 6.45) is 1.38. The lowest BCUT2D eigenvalue weighted by molar-refractivity contribution is -0.117. The number of aryl methyl sites for hydroxylation is 1. The molecule has 0 aliphatic carbocycles. The first-order chi connectivity index (χ1) is 8.72. The molecule has 0 aliphatic rings. The third kappa shape index (κ3) is 2.54. The first-order valence-electron chi connectivity index (χ1n) is 5.62. The molecule has 94 valence electrons. The van der Waals surface area contributed by atoms with Gasteiger partial charge in [-0.15, -0.1) is 0 Å². The van der Waals surface area contributed by atoms with Crippen molar-refractivity contribution in [1.82, 2.24) is 14.8 Å². The van der Waals surface area contributed by atoms with Gasteiger partial charge < -0.3 is 5.73 Å². The number of rotatable bonds is 4. The quantitative estimate of drug-likeness (QED) is 0.821. The van der Waals surface area contributed by atoms with Crippen molar-refractivity contribution >= 4 is 11.9 Å². The molecule has 1 heterocycles. The Balaban J connectivity index is 2.14. The number of amides is 1. The van der Waals surface area contributed by atoms with E-state index >= 15 is 0 Å². The number of aromatic nitrogens is 3. The summed E-state index contributed by atoms with van der Waals surface area (Å²) in [5.41, 5.74) is 6.56. The van der Waals surface area contributed by atoms with E-state index in [9.17, 15) is 4.79 Å². The number of carbonyl (C=O) groups is 1. The van der Waals surface area contributed by atoms with E-state index in [-0.39, 0.29) is 18.4 Å². The van der Waals surface area contributed by atoms with Gasteiger partial charge in [0.05, 0.1) is 5.92 Å². The minimum atomic E-state index is -0.386. The minimum Gasteiger partial charge on any atom is -0.329 e. The molecule has 2 rings (SSSR count). The van der Waals surface area contributed by atoms with E-state index in [1.165, 1.54) is 11.0 Å². The third-order valence-corrected chi connectivity index (χ3v) is 2.70. The van der Waals surface area contributed by atoms with Crippen LogP contribution in [0.25, 0.3) is 0 Å². The Bertz CT molecular complexity index is 522. The van der Waals surface area contributed by atoms with E-state index < -0.39 is 0 Å². The van der Waals surface area contributed by atoms with Crippen LogP contribution in [0, 0.1) is 0 Å². The Morgan fingerprint density at radius 1 is 1.44 bits per heavy atom. The maximum absolute atomic E-state index is 12.1. The van der Waals surface area contributed by atoms with Crippen LogP contribution in [0.3, 0.4) is 0 Å². The molecular weight excluding hydrogens is 230 g/mol. The summed E-state index contributed by atoms with van der Waals surface area (Å²) in [7, 11) is 1.71. The number of anilines is 1. The fourth-order valence-corrected chi connectivity index (χ4v) is 1.69. The van der Waals surface area contributed by atoms with Gasteiger partial charge in [0.2, 0.25) is 11.9 Å². The van der Waals surface area contributed by atoms with Crippen molar-refractivity contribution < 1.29 is 4.79 Å². The molecule has 3 N–H and O–H groups in total. The van der Waals surface area contributed by atoms with Crippen molar-refractivity contribution in [2.24, 2.45) is 12.8 Å². The van der Waals surface area contributed by atoms with Crippen molar-refractivity contribution in [3.05, 3.63) is 42.2 Å². The summed E-state index contributed by atoms with van der Waals surface area (Å²) in [6, 6.07) is 9.43. The third-order valence-electron chi connectivity index (χ3n) is 2.70. The number of hydrogen-bond donors (Lipinski definition) is 2. The van der Waals surface area contributed by atoms with Gasteiger partial charge in [0.15, 0.2) is 0 Å². The van der Waals surface area contributed by atoms with Crippen LogP contribution < -0.4 is 11.1 Å². The summed E-state index contributed by atoms with van der Waals surface area (Å²) in [6.45, 7) is 0.244. The lowest BCUT2D eigenvalue weighted by atomic mass is 9.98. The van der Waals surface area contributed by atoms with Crippen molar-refractivity contribution in [2.45, 2.75) is 5.92 Å². The van der Waals surface area contributed by atoms with E-state index in [4.69, 9.17) is 5.73 Å². The Kier molecular flexibility index (Phi) is 3.69. The van der Waals surface area contributed by atoms with E-state index in [1.807, 2.05) is 30.3 Å². The Hall–Kier alpha value is -2.21. The molecule has 6 nitrogen and oxygen atoms in total. The second-order valence-corrected chi connectivity index (χ2v) is 3.90. The first-order valence-corrected chi connectivity index (χ1v) is 5.62. The molecule has 6 heteroatoms. The highest BCUT2D eigenvalue weighted by atomic mass is 16.2. The number of nitrogens with zero attached hydrogens (tertiary/aromatic N) is 3. The zero-order valence-corrected chi connectivity index (χ0v) is 10.1. The van der Waals surface area contributed by atoms with Gasteiger partial charge in [0.1, 0.15) is 6.33 Å². The topological polar surface area (TPSA) is 85.8 Å². The van der Waals surface area contributed by atoms with Gasteiger partial charge in [0.25, 0.3) is 0 Å². The molecule has 2 aromatic rings. The lowest BCUT2D eigenvalue weighted by Gasteiger charge is -2.14. The van der Waals surface area contributed by atoms with Crippen LogP contribution >= 0.6 is 0 Å². The standard InChI is InChI=1S/C12H15N5O/c1-17-12(14-8-15-17)16-11(18)10(7-13)9-5-3-2-4-6-9/h2-6,8,10H,7,13H2,1H3,(H,14,15,16,18). The van der Waals surface area contributed by atoms with Gasteiger partial charge in [-0.2, -0.15) is 10.1 Å². The van der Waals surface area contributed by atoms with E-state index in [0.29, 0.717) is 5.95 Å². The molecular formula is C12H15N5O. The highest BCUT2D eigenvalue weighted by Gasteiger charge is 2.20. The molecule has 0 aliphatic heterocycles. The van der Waals surface area contributed by atoms with Gasteiger partial charge in [0, 0.05) is 13.6 Å². The molecule has 1 atom stereocenters. The second kappa shape index (κ2) is 5.42. The maximum atomic E-state index is 12.1. The summed E-state index contributed by atoms with van der Waals surface area (Å²) in [4.78, 5) is 16.1. The zero-order chi connectivity index (χ0) is 13.0. The highest BCUT2D eigenvalue weighted by molar-refractivity contribution is 5.94. The monoisotopic (exact) mass is 245 g/mol. The molecule has 0 bridgehead atoms. The minimum absolute atomic E-state index is 0.181. The van der Waals surface area contributed by atoms with Crippen LogP contribution in [0.15, 0.2) is 36.7 Å². The van der Waals surface area contributed by atoms with Gasteiger partial charge >= 0.3 is 0 Å². The van der Waals surface area contributed by atoms with Crippen LogP contribution in [0.1, 0.15) is 11.5 Å². The van der Waals surface area contributed by atoms with Crippen LogP contribution in [0.4, 0.5) is 5.95 Å². The lowest BCUT2D eigenvalue weighted by Crippen LogP contribution is -2.28. The molecule has 1 unspecified atom stereocenters. The predicted molar refractivity (Wildman–Crippen MR) is 67.9 cm³/mol. The molecule has 0 spiro atoms. The van der Waals surface area contributed by atoms with Gasteiger partial charge in [-0.3, -0.25) is 10.1 Å². The Morgan fingerprint density at radius 3 is 2.72 bits per heavy atom. The van der Waals surface area contributed by atoms with Crippen LogP contribution in [-0.4, -0.2) is 27.2 Å². The molecule has 1 aromatic heterocycles. The van der Waals surface area contributed by atoms with Gasteiger partial charge in [-0.1, -0.05) is 30.3 Å². The van der Waals surface area contributed by atoms with Crippen molar-refractivity contribution in [3.8, 4) is 0 Å². The number of hydrogen-bond acceptors (Lipinski definition) is 4. The first kappa shape index (κ1) is 12.3. The van der Waals surface area contributed by atoms with E-state index in [0.717, 1.165) is 5.56 Å².